The highest BCUT2D eigenvalue weighted by atomic mass is 32.2. The largest absolute Gasteiger partial charge is 0.335 e. The number of nitrogens with zero attached hydrogens (tertiary/aromatic N) is 3. The SMILES string of the molecule is O=C(CN1CCN(CC(=O)N(C2CCCC2)C2CCS(=O)(=O)C2)CC1)Nc1cccc(F)c1. The van der Waals surface area contributed by atoms with Crippen molar-refractivity contribution in [2.45, 2.75) is 44.2 Å². The molecule has 1 unspecified atom stereocenters. The van der Waals surface area contributed by atoms with Crippen molar-refractivity contribution in [2.24, 2.45) is 0 Å². The minimum absolute atomic E-state index is 0.0290. The molecular formula is C23H33FN4O4S. The Kier molecular flexibility index (Phi) is 7.65. The lowest BCUT2D eigenvalue weighted by Gasteiger charge is -2.38. The molecule has 182 valence electrons. The van der Waals surface area contributed by atoms with Crippen LogP contribution in [0.3, 0.4) is 0 Å². The van der Waals surface area contributed by atoms with Gasteiger partial charge < -0.3 is 10.2 Å². The van der Waals surface area contributed by atoms with E-state index in [4.69, 9.17) is 0 Å². The fourth-order valence-corrected chi connectivity index (χ4v) is 6.94. The second-order valence-corrected chi connectivity index (χ2v) is 11.6. The quantitative estimate of drug-likeness (QED) is 0.634. The summed E-state index contributed by atoms with van der Waals surface area (Å²) in [6, 6.07) is 5.78. The smallest absolute Gasteiger partial charge is 0.238 e. The number of sulfone groups is 1. The molecule has 33 heavy (non-hydrogen) atoms. The molecule has 2 amide bonds. The average Bonchev–Trinajstić information content (AvgIpc) is 3.39. The zero-order chi connectivity index (χ0) is 23.4. The number of benzene rings is 1. The molecule has 3 fully saturated rings. The first-order chi connectivity index (χ1) is 15.8. The maximum Gasteiger partial charge on any atom is 0.238 e. The van der Waals surface area contributed by atoms with Gasteiger partial charge in [0.15, 0.2) is 9.84 Å². The summed E-state index contributed by atoms with van der Waals surface area (Å²) in [5, 5.41) is 2.71. The Balaban J connectivity index is 1.26. The summed E-state index contributed by atoms with van der Waals surface area (Å²) >= 11 is 0. The van der Waals surface area contributed by atoms with Gasteiger partial charge in [0.25, 0.3) is 0 Å². The third-order valence-electron chi connectivity index (χ3n) is 6.91. The summed E-state index contributed by atoms with van der Waals surface area (Å²) in [7, 11) is -3.05. The van der Waals surface area contributed by atoms with Gasteiger partial charge >= 0.3 is 0 Å². The summed E-state index contributed by atoms with van der Waals surface area (Å²) in [6.45, 7) is 3.15. The minimum atomic E-state index is -3.05. The number of carbonyl (C=O) groups excluding carboxylic acids is 2. The van der Waals surface area contributed by atoms with Crippen LogP contribution in [0.5, 0.6) is 0 Å². The summed E-state index contributed by atoms with van der Waals surface area (Å²) < 4.78 is 37.3. The van der Waals surface area contributed by atoms with Gasteiger partial charge in [0, 0.05) is 44.0 Å². The predicted molar refractivity (Wildman–Crippen MR) is 124 cm³/mol. The molecule has 1 aromatic carbocycles. The van der Waals surface area contributed by atoms with Crippen molar-refractivity contribution < 1.29 is 22.4 Å². The van der Waals surface area contributed by atoms with E-state index in [1.807, 2.05) is 9.80 Å². The minimum Gasteiger partial charge on any atom is -0.335 e. The van der Waals surface area contributed by atoms with Crippen LogP contribution in [0.2, 0.25) is 0 Å². The molecular weight excluding hydrogens is 447 g/mol. The van der Waals surface area contributed by atoms with Crippen LogP contribution < -0.4 is 5.32 Å². The number of hydrogen-bond acceptors (Lipinski definition) is 6. The zero-order valence-corrected chi connectivity index (χ0v) is 19.7. The fourth-order valence-electron chi connectivity index (χ4n) is 5.23. The number of amides is 2. The van der Waals surface area contributed by atoms with E-state index in [9.17, 15) is 22.4 Å². The number of nitrogens with one attached hydrogen (secondary N) is 1. The van der Waals surface area contributed by atoms with E-state index in [-0.39, 0.29) is 48.5 Å². The van der Waals surface area contributed by atoms with Gasteiger partial charge in [-0.25, -0.2) is 12.8 Å². The Hall–Kier alpha value is -2.04. The third kappa shape index (κ3) is 6.51. The van der Waals surface area contributed by atoms with Crippen LogP contribution in [-0.4, -0.2) is 97.8 Å². The zero-order valence-electron chi connectivity index (χ0n) is 18.9. The Morgan fingerprint density at radius 1 is 1.00 bits per heavy atom. The number of carbonyl (C=O) groups is 2. The Bertz CT molecular complexity index is 959. The van der Waals surface area contributed by atoms with Crippen LogP contribution in [0.4, 0.5) is 10.1 Å². The van der Waals surface area contributed by atoms with Gasteiger partial charge in [0.1, 0.15) is 5.82 Å². The first kappa shape index (κ1) is 24.1. The van der Waals surface area contributed by atoms with Crippen LogP contribution in [-0.2, 0) is 19.4 Å². The molecule has 2 heterocycles. The number of hydrogen-bond donors (Lipinski definition) is 1. The van der Waals surface area contributed by atoms with Crippen molar-refractivity contribution in [3.05, 3.63) is 30.1 Å². The van der Waals surface area contributed by atoms with Crippen LogP contribution >= 0.6 is 0 Å². The number of halogens is 1. The van der Waals surface area contributed by atoms with Crippen LogP contribution in [0.1, 0.15) is 32.1 Å². The molecule has 0 aromatic heterocycles. The van der Waals surface area contributed by atoms with Crippen molar-refractivity contribution in [1.29, 1.82) is 0 Å². The van der Waals surface area contributed by atoms with Gasteiger partial charge in [0.2, 0.25) is 11.8 Å². The number of rotatable bonds is 7. The molecule has 0 bridgehead atoms. The highest BCUT2D eigenvalue weighted by Crippen LogP contribution is 2.29. The first-order valence-corrected chi connectivity index (χ1v) is 13.6. The van der Waals surface area contributed by atoms with E-state index >= 15 is 0 Å². The molecule has 2 aliphatic heterocycles. The molecule has 1 aliphatic carbocycles. The van der Waals surface area contributed by atoms with Crippen LogP contribution in [0, 0.1) is 5.82 Å². The molecule has 10 heteroatoms. The summed E-state index contributed by atoms with van der Waals surface area (Å²) in [5.41, 5.74) is 0.435. The first-order valence-electron chi connectivity index (χ1n) is 11.8. The lowest BCUT2D eigenvalue weighted by molar-refractivity contribution is -0.137. The second-order valence-electron chi connectivity index (χ2n) is 9.41. The Morgan fingerprint density at radius 3 is 2.27 bits per heavy atom. The van der Waals surface area contributed by atoms with Crippen molar-refractivity contribution in [3.63, 3.8) is 0 Å². The Labute approximate surface area is 195 Å². The number of piperazine rings is 1. The van der Waals surface area contributed by atoms with Gasteiger partial charge in [-0.1, -0.05) is 18.9 Å². The molecule has 1 saturated carbocycles. The van der Waals surface area contributed by atoms with E-state index in [1.54, 1.807) is 12.1 Å². The highest BCUT2D eigenvalue weighted by molar-refractivity contribution is 7.91. The van der Waals surface area contributed by atoms with E-state index in [0.29, 0.717) is 38.3 Å². The van der Waals surface area contributed by atoms with Crippen molar-refractivity contribution >= 4 is 27.3 Å². The fraction of sp³-hybridized carbons (Fsp3) is 0.652. The summed E-state index contributed by atoms with van der Waals surface area (Å²) in [5.74, 6) is -0.303. The standard InChI is InChI=1S/C23H33FN4O4S/c24-18-4-3-5-19(14-18)25-22(29)15-26-9-11-27(12-10-26)16-23(30)28(20-6-1-2-7-20)21-8-13-33(31,32)17-21/h3-5,14,20-21H,1-2,6-13,15-17H2,(H,25,29). The normalized spacial score (nSPS) is 24.1. The Morgan fingerprint density at radius 2 is 1.67 bits per heavy atom. The van der Waals surface area contributed by atoms with E-state index in [1.165, 1.54) is 12.1 Å². The van der Waals surface area contributed by atoms with E-state index in [0.717, 1.165) is 25.7 Å². The van der Waals surface area contributed by atoms with Crippen molar-refractivity contribution in [2.75, 3.05) is 56.1 Å². The maximum absolute atomic E-state index is 13.3. The van der Waals surface area contributed by atoms with E-state index < -0.39 is 15.7 Å². The molecule has 8 nitrogen and oxygen atoms in total. The molecule has 0 radical (unpaired) electrons. The predicted octanol–water partition coefficient (Wildman–Crippen LogP) is 1.34. The van der Waals surface area contributed by atoms with Gasteiger partial charge in [-0.15, -0.1) is 0 Å². The molecule has 3 aliphatic rings. The lowest BCUT2D eigenvalue weighted by Crippen LogP contribution is -2.54. The van der Waals surface area contributed by atoms with Crippen LogP contribution in [0.25, 0.3) is 0 Å². The maximum atomic E-state index is 13.3. The van der Waals surface area contributed by atoms with Gasteiger partial charge in [-0.05, 0) is 37.5 Å². The summed E-state index contributed by atoms with van der Waals surface area (Å²) in [6.07, 6.45) is 4.63. The summed E-state index contributed by atoms with van der Waals surface area (Å²) in [4.78, 5) is 31.6. The monoisotopic (exact) mass is 480 g/mol. The van der Waals surface area contributed by atoms with Crippen molar-refractivity contribution in [1.82, 2.24) is 14.7 Å². The lowest BCUT2D eigenvalue weighted by atomic mass is 10.1. The molecule has 1 aromatic rings. The van der Waals surface area contributed by atoms with Crippen molar-refractivity contribution in [3.8, 4) is 0 Å². The second kappa shape index (κ2) is 10.5. The molecule has 1 N–H and O–H groups in total. The molecule has 1 atom stereocenters. The van der Waals surface area contributed by atoms with Gasteiger partial charge in [0.05, 0.1) is 24.6 Å². The molecule has 0 spiro atoms. The van der Waals surface area contributed by atoms with Gasteiger partial charge in [-0.2, -0.15) is 0 Å². The number of anilines is 1. The van der Waals surface area contributed by atoms with E-state index in [2.05, 4.69) is 10.2 Å². The molecule has 4 rings (SSSR count). The van der Waals surface area contributed by atoms with Gasteiger partial charge in [-0.3, -0.25) is 19.4 Å². The van der Waals surface area contributed by atoms with Crippen LogP contribution in [0.15, 0.2) is 24.3 Å². The topological polar surface area (TPSA) is 90.0 Å². The average molecular weight is 481 g/mol. The highest BCUT2D eigenvalue weighted by Gasteiger charge is 2.39. The third-order valence-corrected chi connectivity index (χ3v) is 8.66. The molecule has 2 saturated heterocycles.